The van der Waals surface area contributed by atoms with Gasteiger partial charge in [-0.1, -0.05) is 18.2 Å². The first kappa shape index (κ1) is 9.66. The van der Waals surface area contributed by atoms with Gasteiger partial charge in [0.15, 0.2) is 6.10 Å². The van der Waals surface area contributed by atoms with Crippen LogP contribution < -0.4 is 10.1 Å². The fourth-order valence-corrected chi connectivity index (χ4v) is 1.94. The van der Waals surface area contributed by atoms with Crippen LogP contribution in [0.1, 0.15) is 5.56 Å². The first-order valence-electron chi connectivity index (χ1n) is 5.45. The van der Waals surface area contributed by atoms with Crippen LogP contribution in [0.4, 0.5) is 0 Å². The van der Waals surface area contributed by atoms with Crippen molar-refractivity contribution in [1.82, 2.24) is 5.32 Å². The molecule has 2 heterocycles. The van der Waals surface area contributed by atoms with Crippen LogP contribution in [0.3, 0.4) is 0 Å². The molecule has 1 N–H and O–H groups in total. The van der Waals surface area contributed by atoms with Gasteiger partial charge in [-0.15, -0.1) is 0 Å². The second-order valence-corrected chi connectivity index (χ2v) is 4.16. The third-order valence-electron chi connectivity index (χ3n) is 2.92. The first-order chi connectivity index (χ1) is 7.83. The lowest BCUT2D eigenvalue weighted by Gasteiger charge is -2.27. The molecule has 84 valence electrons. The minimum Gasteiger partial charge on any atom is -0.480 e. The molecule has 2 aliphatic heterocycles. The van der Waals surface area contributed by atoms with Crippen LogP contribution in [0.5, 0.6) is 5.75 Å². The molecular weight excluding hydrogens is 206 g/mol. The molecule has 3 rings (SSSR count). The Morgan fingerprint density at radius 2 is 2.12 bits per heavy atom. The molecule has 16 heavy (non-hydrogen) atoms. The summed E-state index contributed by atoms with van der Waals surface area (Å²) in [5.74, 6) is 0.789. The third kappa shape index (κ3) is 1.65. The molecule has 4 heteroatoms. The highest BCUT2D eigenvalue weighted by Crippen LogP contribution is 2.28. The Hall–Kier alpha value is -1.55. The van der Waals surface area contributed by atoms with Crippen LogP contribution in [0.25, 0.3) is 0 Å². The van der Waals surface area contributed by atoms with Gasteiger partial charge < -0.3 is 14.8 Å². The average molecular weight is 219 g/mol. The summed E-state index contributed by atoms with van der Waals surface area (Å²) >= 11 is 0. The maximum Gasteiger partial charge on any atom is 0.261 e. The van der Waals surface area contributed by atoms with Crippen LogP contribution in [0.15, 0.2) is 24.3 Å². The molecule has 0 bridgehead atoms. The summed E-state index contributed by atoms with van der Waals surface area (Å²) in [5.41, 5.74) is 1.10. The van der Waals surface area contributed by atoms with E-state index in [2.05, 4.69) is 5.32 Å². The molecule has 0 radical (unpaired) electrons. The van der Waals surface area contributed by atoms with E-state index in [0.29, 0.717) is 19.6 Å². The van der Waals surface area contributed by atoms with Crippen LogP contribution in [-0.4, -0.2) is 31.3 Å². The topological polar surface area (TPSA) is 47.6 Å². The number of hydrogen-bond donors (Lipinski definition) is 1. The number of benzene rings is 1. The van der Waals surface area contributed by atoms with E-state index in [1.54, 1.807) is 0 Å². The summed E-state index contributed by atoms with van der Waals surface area (Å²) in [5, 5.41) is 2.90. The Balaban J connectivity index is 1.64. The lowest BCUT2D eigenvalue weighted by molar-refractivity contribution is -0.131. The summed E-state index contributed by atoms with van der Waals surface area (Å²) < 4.78 is 10.6. The molecule has 0 saturated carbocycles. The molecule has 2 aliphatic rings. The Bertz CT molecular complexity index is 389. The van der Waals surface area contributed by atoms with Gasteiger partial charge in [-0.25, -0.2) is 0 Å². The van der Waals surface area contributed by atoms with E-state index in [4.69, 9.17) is 9.47 Å². The molecule has 0 spiro atoms. The smallest absolute Gasteiger partial charge is 0.261 e. The second-order valence-electron chi connectivity index (χ2n) is 4.16. The first-order valence-corrected chi connectivity index (χ1v) is 5.45. The van der Waals surface area contributed by atoms with E-state index in [1.807, 2.05) is 24.3 Å². The monoisotopic (exact) mass is 219 g/mol. The molecule has 1 amide bonds. The SMILES string of the molecule is O=C(NC1COC1)C1Cc2ccccc2O1. The fourth-order valence-electron chi connectivity index (χ4n) is 1.94. The number of rotatable bonds is 2. The van der Waals surface area contributed by atoms with Gasteiger partial charge in [-0.2, -0.15) is 0 Å². The summed E-state index contributed by atoms with van der Waals surface area (Å²) in [4.78, 5) is 11.8. The van der Waals surface area contributed by atoms with Crippen molar-refractivity contribution in [3.8, 4) is 5.75 Å². The van der Waals surface area contributed by atoms with E-state index >= 15 is 0 Å². The van der Waals surface area contributed by atoms with Gasteiger partial charge in [0.1, 0.15) is 5.75 Å². The van der Waals surface area contributed by atoms with Crippen LogP contribution >= 0.6 is 0 Å². The van der Waals surface area contributed by atoms with Gasteiger partial charge in [0.05, 0.1) is 19.3 Å². The number of ether oxygens (including phenoxy) is 2. The Kier molecular flexibility index (Phi) is 2.29. The minimum absolute atomic E-state index is 0.0375. The number of carbonyl (C=O) groups excluding carboxylic acids is 1. The predicted octanol–water partition coefficient (Wildman–Crippen LogP) is 0.505. The van der Waals surface area contributed by atoms with Gasteiger partial charge in [0.2, 0.25) is 0 Å². The van der Waals surface area contributed by atoms with E-state index in [0.717, 1.165) is 11.3 Å². The molecule has 4 nitrogen and oxygen atoms in total. The Morgan fingerprint density at radius 1 is 1.31 bits per heavy atom. The Labute approximate surface area is 93.5 Å². The minimum atomic E-state index is -0.377. The molecular formula is C12H13NO3. The van der Waals surface area contributed by atoms with E-state index in [1.165, 1.54) is 0 Å². The number of fused-ring (bicyclic) bond motifs is 1. The van der Waals surface area contributed by atoms with Gasteiger partial charge in [-0.3, -0.25) is 4.79 Å². The van der Waals surface area contributed by atoms with Crippen molar-refractivity contribution in [2.45, 2.75) is 18.6 Å². The number of amides is 1. The zero-order valence-corrected chi connectivity index (χ0v) is 8.81. The van der Waals surface area contributed by atoms with Crippen molar-refractivity contribution in [3.63, 3.8) is 0 Å². The number of nitrogens with one attached hydrogen (secondary N) is 1. The van der Waals surface area contributed by atoms with Gasteiger partial charge >= 0.3 is 0 Å². The highest BCUT2D eigenvalue weighted by molar-refractivity contribution is 5.82. The normalized spacial score (nSPS) is 23.1. The van der Waals surface area contributed by atoms with Gasteiger partial charge in [0.25, 0.3) is 5.91 Å². The van der Waals surface area contributed by atoms with Gasteiger partial charge in [-0.05, 0) is 11.6 Å². The highest BCUT2D eigenvalue weighted by atomic mass is 16.5. The standard InChI is InChI=1S/C12H13NO3/c14-12(13-9-6-15-7-9)11-5-8-3-1-2-4-10(8)16-11/h1-4,9,11H,5-7H2,(H,13,14). The molecule has 1 atom stereocenters. The van der Waals surface area contributed by atoms with E-state index in [9.17, 15) is 4.79 Å². The summed E-state index contributed by atoms with van der Waals surface area (Å²) in [6.07, 6.45) is 0.285. The Morgan fingerprint density at radius 3 is 2.81 bits per heavy atom. The maximum absolute atomic E-state index is 11.8. The molecule has 1 unspecified atom stereocenters. The molecule has 0 aliphatic carbocycles. The fraction of sp³-hybridized carbons (Fsp3) is 0.417. The number of hydrogen-bond acceptors (Lipinski definition) is 3. The third-order valence-corrected chi connectivity index (χ3v) is 2.92. The van der Waals surface area contributed by atoms with Crippen molar-refractivity contribution in [3.05, 3.63) is 29.8 Å². The lowest BCUT2D eigenvalue weighted by atomic mass is 10.1. The van der Waals surface area contributed by atoms with Crippen molar-refractivity contribution in [1.29, 1.82) is 0 Å². The molecule has 0 aromatic heterocycles. The number of para-hydroxylation sites is 1. The van der Waals surface area contributed by atoms with Crippen LogP contribution in [-0.2, 0) is 16.0 Å². The zero-order valence-electron chi connectivity index (χ0n) is 8.81. The van der Waals surface area contributed by atoms with Crippen LogP contribution in [0, 0.1) is 0 Å². The molecule has 1 fully saturated rings. The number of carbonyl (C=O) groups is 1. The highest BCUT2D eigenvalue weighted by Gasteiger charge is 2.31. The van der Waals surface area contributed by atoms with Crippen molar-refractivity contribution in [2.24, 2.45) is 0 Å². The summed E-state index contributed by atoms with van der Waals surface area (Å²) in [6.45, 7) is 1.23. The van der Waals surface area contributed by atoms with Crippen molar-refractivity contribution in [2.75, 3.05) is 13.2 Å². The largest absolute Gasteiger partial charge is 0.480 e. The molecule has 1 aromatic carbocycles. The van der Waals surface area contributed by atoms with Gasteiger partial charge in [0, 0.05) is 6.42 Å². The van der Waals surface area contributed by atoms with Crippen molar-refractivity contribution < 1.29 is 14.3 Å². The van der Waals surface area contributed by atoms with Crippen LogP contribution in [0.2, 0.25) is 0 Å². The zero-order chi connectivity index (χ0) is 11.0. The second kappa shape index (κ2) is 3.79. The molecule has 1 aromatic rings. The quantitative estimate of drug-likeness (QED) is 0.788. The summed E-state index contributed by atoms with van der Waals surface area (Å²) in [7, 11) is 0. The van der Waals surface area contributed by atoms with Crippen molar-refractivity contribution >= 4 is 5.91 Å². The van der Waals surface area contributed by atoms with E-state index in [-0.39, 0.29) is 18.1 Å². The lowest BCUT2D eigenvalue weighted by Crippen LogP contribution is -2.52. The maximum atomic E-state index is 11.8. The predicted molar refractivity (Wildman–Crippen MR) is 57.3 cm³/mol. The summed E-state index contributed by atoms with van der Waals surface area (Å²) in [6, 6.07) is 7.94. The average Bonchev–Trinajstić information content (AvgIpc) is 2.66. The van der Waals surface area contributed by atoms with E-state index < -0.39 is 0 Å². The molecule has 1 saturated heterocycles.